The number of nitrogens with one attached hydrogen (secondary N) is 1. The highest BCUT2D eigenvalue weighted by atomic mass is 35.5. The van der Waals surface area contributed by atoms with Gasteiger partial charge in [0.05, 0.1) is 0 Å². The molecule has 1 N–H and O–H groups in total. The molecule has 2 heteroatoms. The molecular formula is C14H18ClN. The fraction of sp³-hybridized carbons (Fsp3) is 0.571. The topological polar surface area (TPSA) is 12.0 Å². The number of rotatable bonds is 4. The summed E-state index contributed by atoms with van der Waals surface area (Å²) in [7, 11) is 0. The first-order valence-electron chi connectivity index (χ1n) is 6.27. The van der Waals surface area contributed by atoms with Gasteiger partial charge in [-0.15, -0.1) is 0 Å². The van der Waals surface area contributed by atoms with Crippen LogP contribution in [0.25, 0.3) is 0 Å². The van der Waals surface area contributed by atoms with Gasteiger partial charge >= 0.3 is 0 Å². The van der Waals surface area contributed by atoms with E-state index in [0.717, 1.165) is 16.9 Å². The van der Waals surface area contributed by atoms with Gasteiger partial charge in [0.25, 0.3) is 0 Å². The molecule has 2 aliphatic carbocycles. The molecule has 0 radical (unpaired) electrons. The Morgan fingerprint density at radius 3 is 2.38 bits per heavy atom. The molecule has 0 saturated heterocycles. The predicted molar refractivity (Wildman–Crippen MR) is 69.0 cm³/mol. The fourth-order valence-electron chi connectivity index (χ4n) is 2.46. The zero-order valence-corrected chi connectivity index (χ0v) is 10.4. The van der Waals surface area contributed by atoms with Crippen LogP contribution in [0, 0.1) is 18.8 Å². The Morgan fingerprint density at radius 2 is 1.81 bits per heavy atom. The van der Waals surface area contributed by atoms with E-state index in [1.165, 1.54) is 36.9 Å². The SMILES string of the molecule is Cc1ccc(Cl)cc1NC(C1CC1)C1CC1. The highest BCUT2D eigenvalue weighted by Crippen LogP contribution is 2.46. The maximum atomic E-state index is 6.05. The van der Waals surface area contributed by atoms with Gasteiger partial charge in [0.2, 0.25) is 0 Å². The van der Waals surface area contributed by atoms with Crippen molar-refractivity contribution in [2.24, 2.45) is 11.8 Å². The number of benzene rings is 1. The van der Waals surface area contributed by atoms with Crippen LogP contribution in [0.15, 0.2) is 18.2 Å². The van der Waals surface area contributed by atoms with Crippen LogP contribution in [0.5, 0.6) is 0 Å². The molecule has 1 aromatic rings. The Hall–Kier alpha value is -0.690. The standard InChI is InChI=1S/C14H18ClN/c1-9-2-7-12(15)8-13(9)16-14(10-3-4-10)11-5-6-11/h2,7-8,10-11,14,16H,3-6H2,1H3. The summed E-state index contributed by atoms with van der Waals surface area (Å²) in [5.41, 5.74) is 2.53. The third kappa shape index (κ3) is 2.20. The largest absolute Gasteiger partial charge is 0.381 e. The zero-order chi connectivity index (χ0) is 11.1. The van der Waals surface area contributed by atoms with E-state index in [0.29, 0.717) is 6.04 Å². The summed E-state index contributed by atoms with van der Waals surface area (Å²) in [5.74, 6) is 1.84. The van der Waals surface area contributed by atoms with Gasteiger partial charge in [0.15, 0.2) is 0 Å². The van der Waals surface area contributed by atoms with Crippen molar-refractivity contribution in [1.82, 2.24) is 0 Å². The van der Waals surface area contributed by atoms with Crippen LogP contribution in [0.3, 0.4) is 0 Å². The van der Waals surface area contributed by atoms with Crippen molar-refractivity contribution in [1.29, 1.82) is 0 Å². The molecule has 0 amide bonds. The summed E-state index contributed by atoms with van der Waals surface area (Å²) < 4.78 is 0. The van der Waals surface area contributed by atoms with E-state index < -0.39 is 0 Å². The highest BCUT2D eigenvalue weighted by molar-refractivity contribution is 6.30. The Balaban J connectivity index is 1.78. The van der Waals surface area contributed by atoms with Gasteiger partial charge < -0.3 is 5.32 Å². The maximum absolute atomic E-state index is 6.05. The molecule has 0 unspecified atom stereocenters. The third-order valence-corrected chi connectivity index (χ3v) is 4.02. The van der Waals surface area contributed by atoms with Crippen molar-refractivity contribution in [3.8, 4) is 0 Å². The average molecular weight is 236 g/mol. The number of aryl methyl sites for hydroxylation is 1. The summed E-state index contributed by atoms with van der Waals surface area (Å²) in [6.45, 7) is 2.15. The third-order valence-electron chi connectivity index (χ3n) is 3.78. The first-order chi connectivity index (χ1) is 7.74. The van der Waals surface area contributed by atoms with Gasteiger partial charge in [-0.1, -0.05) is 17.7 Å². The molecule has 1 nitrogen and oxygen atoms in total. The van der Waals surface area contributed by atoms with Crippen molar-refractivity contribution in [3.05, 3.63) is 28.8 Å². The molecule has 0 aromatic heterocycles. The van der Waals surface area contributed by atoms with E-state index >= 15 is 0 Å². The van der Waals surface area contributed by atoms with E-state index in [-0.39, 0.29) is 0 Å². The second-order valence-electron chi connectivity index (χ2n) is 5.30. The molecule has 3 rings (SSSR count). The molecule has 16 heavy (non-hydrogen) atoms. The van der Waals surface area contributed by atoms with Gasteiger partial charge in [-0.05, 0) is 62.1 Å². The molecule has 0 heterocycles. The maximum Gasteiger partial charge on any atom is 0.0426 e. The molecule has 0 atom stereocenters. The predicted octanol–water partition coefficient (Wildman–Crippen LogP) is 4.25. The normalized spacial score (nSPS) is 20.2. The summed E-state index contributed by atoms with van der Waals surface area (Å²) in [6, 6.07) is 6.83. The van der Waals surface area contributed by atoms with Gasteiger partial charge in [-0.2, -0.15) is 0 Å². The summed E-state index contributed by atoms with van der Waals surface area (Å²) in [5, 5.41) is 4.56. The molecule has 86 valence electrons. The minimum atomic E-state index is 0.706. The van der Waals surface area contributed by atoms with E-state index in [1.54, 1.807) is 0 Å². The number of hydrogen-bond donors (Lipinski definition) is 1. The van der Waals surface area contributed by atoms with Crippen molar-refractivity contribution >= 4 is 17.3 Å². The highest BCUT2D eigenvalue weighted by Gasteiger charge is 2.41. The Morgan fingerprint density at radius 1 is 1.19 bits per heavy atom. The van der Waals surface area contributed by atoms with Gasteiger partial charge in [-0.25, -0.2) is 0 Å². The summed E-state index contributed by atoms with van der Waals surface area (Å²) in [4.78, 5) is 0. The smallest absolute Gasteiger partial charge is 0.0426 e. The average Bonchev–Trinajstić information content (AvgIpc) is 3.13. The minimum Gasteiger partial charge on any atom is -0.381 e. The molecule has 0 spiro atoms. The van der Waals surface area contributed by atoms with Crippen LogP contribution in [0.1, 0.15) is 31.2 Å². The van der Waals surface area contributed by atoms with Gasteiger partial charge in [0.1, 0.15) is 0 Å². The Bertz CT molecular complexity index is 382. The molecule has 0 bridgehead atoms. The van der Waals surface area contributed by atoms with Crippen LogP contribution in [0.2, 0.25) is 5.02 Å². The van der Waals surface area contributed by atoms with Gasteiger partial charge in [-0.3, -0.25) is 0 Å². The van der Waals surface area contributed by atoms with Crippen LogP contribution < -0.4 is 5.32 Å². The fourth-order valence-corrected chi connectivity index (χ4v) is 2.63. The summed E-state index contributed by atoms with van der Waals surface area (Å²) >= 11 is 6.05. The van der Waals surface area contributed by atoms with E-state index in [9.17, 15) is 0 Å². The second-order valence-corrected chi connectivity index (χ2v) is 5.74. The molecule has 1 aromatic carbocycles. The molecular weight excluding hydrogens is 218 g/mol. The van der Waals surface area contributed by atoms with Crippen molar-refractivity contribution in [3.63, 3.8) is 0 Å². The van der Waals surface area contributed by atoms with Crippen LogP contribution >= 0.6 is 11.6 Å². The molecule has 2 aliphatic rings. The van der Waals surface area contributed by atoms with Crippen LogP contribution in [-0.4, -0.2) is 6.04 Å². The number of halogens is 1. The summed E-state index contributed by atoms with van der Waals surface area (Å²) in [6.07, 6.45) is 5.64. The zero-order valence-electron chi connectivity index (χ0n) is 9.67. The lowest BCUT2D eigenvalue weighted by Crippen LogP contribution is -2.24. The molecule has 2 fully saturated rings. The van der Waals surface area contributed by atoms with E-state index in [4.69, 9.17) is 11.6 Å². The Labute approximate surface area is 102 Å². The van der Waals surface area contributed by atoms with E-state index in [1.807, 2.05) is 6.07 Å². The van der Waals surface area contributed by atoms with Crippen molar-refractivity contribution < 1.29 is 0 Å². The molecule has 0 aliphatic heterocycles. The van der Waals surface area contributed by atoms with Crippen LogP contribution in [0.4, 0.5) is 5.69 Å². The second kappa shape index (κ2) is 3.96. The molecule has 2 saturated carbocycles. The lowest BCUT2D eigenvalue weighted by Gasteiger charge is -2.20. The van der Waals surface area contributed by atoms with Crippen molar-refractivity contribution in [2.75, 3.05) is 5.32 Å². The first-order valence-corrected chi connectivity index (χ1v) is 6.64. The lowest BCUT2D eigenvalue weighted by molar-refractivity contribution is 0.567. The van der Waals surface area contributed by atoms with Gasteiger partial charge in [0, 0.05) is 16.8 Å². The number of hydrogen-bond acceptors (Lipinski definition) is 1. The van der Waals surface area contributed by atoms with Crippen molar-refractivity contribution in [2.45, 2.75) is 38.6 Å². The monoisotopic (exact) mass is 235 g/mol. The van der Waals surface area contributed by atoms with E-state index in [2.05, 4.69) is 24.4 Å². The minimum absolute atomic E-state index is 0.706. The first kappa shape index (κ1) is 10.5. The lowest BCUT2D eigenvalue weighted by atomic mass is 10.1. The number of anilines is 1. The quantitative estimate of drug-likeness (QED) is 0.823. The Kier molecular flexibility index (Phi) is 2.59. The van der Waals surface area contributed by atoms with Crippen LogP contribution in [-0.2, 0) is 0 Å².